The largest absolute Gasteiger partial charge is 0.0843 e. The van der Waals surface area contributed by atoms with Gasteiger partial charge in [-0.2, -0.15) is 0 Å². The van der Waals surface area contributed by atoms with E-state index in [2.05, 4.69) is 109 Å². The Morgan fingerprint density at radius 1 is 0.692 bits per heavy atom. The van der Waals surface area contributed by atoms with Crippen LogP contribution >= 0.6 is 27.5 Å². The molecular weight excluding hydrogens is 560 g/mol. The standard InChI is InChI=1S/C37H32BrCl/c1-36(2)32-10-6-21(24-11-23(13-29(39)14-24)20-3-7-28(38)8-4-20)15-31(32)30-9-5-22(16-33(30)36)35-25-12-26-17-27-18-34(35)37(26,27)19-25/h3-11,13-16,25-27,34-35H,12,17-19H2,1-2H3. The van der Waals surface area contributed by atoms with E-state index >= 15 is 0 Å². The fourth-order valence-corrected chi connectivity index (χ4v) is 10.8. The highest BCUT2D eigenvalue weighted by molar-refractivity contribution is 9.10. The van der Waals surface area contributed by atoms with Crippen molar-refractivity contribution in [2.24, 2.45) is 29.1 Å². The lowest BCUT2D eigenvalue weighted by molar-refractivity contribution is -0.181. The molecule has 6 atom stereocenters. The first-order valence-corrected chi connectivity index (χ1v) is 15.9. The molecule has 5 aliphatic rings. The molecule has 6 unspecified atom stereocenters. The van der Waals surface area contributed by atoms with Crippen LogP contribution in [-0.4, -0.2) is 0 Å². The molecule has 5 aliphatic carbocycles. The lowest BCUT2D eigenvalue weighted by Crippen LogP contribution is -2.60. The molecule has 0 heterocycles. The summed E-state index contributed by atoms with van der Waals surface area (Å²) in [7, 11) is 0. The first-order chi connectivity index (χ1) is 18.8. The lowest BCUT2D eigenvalue weighted by Gasteiger charge is -2.68. The summed E-state index contributed by atoms with van der Waals surface area (Å²) < 4.78 is 1.08. The van der Waals surface area contributed by atoms with Gasteiger partial charge in [0.1, 0.15) is 0 Å². The SMILES string of the molecule is CC1(C)c2ccc(-c3cc(Cl)cc(-c4ccc(Br)cc4)c3)cc2-c2ccc(C3C4CC5CC6CC3C56C4)cc21. The minimum Gasteiger partial charge on any atom is -0.0843 e. The Morgan fingerprint density at radius 2 is 1.44 bits per heavy atom. The first-order valence-electron chi connectivity index (χ1n) is 14.7. The van der Waals surface area contributed by atoms with Gasteiger partial charge < -0.3 is 0 Å². The molecule has 0 radical (unpaired) electrons. The van der Waals surface area contributed by atoms with Crippen LogP contribution in [0.15, 0.2) is 83.3 Å². The van der Waals surface area contributed by atoms with E-state index in [1.54, 1.807) is 12.0 Å². The van der Waals surface area contributed by atoms with Crippen LogP contribution in [0.1, 0.15) is 62.1 Å². The smallest absolute Gasteiger partial charge is 0.0418 e. The van der Waals surface area contributed by atoms with Crippen LogP contribution in [0.2, 0.25) is 5.02 Å². The van der Waals surface area contributed by atoms with Gasteiger partial charge in [-0.25, -0.2) is 0 Å². The van der Waals surface area contributed by atoms with E-state index in [4.69, 9.17) is 11.6 Å². The van der Waals surface area contributed by atoms with Crippen molar-refractivity contribution in [1.29, 1.82) is 0 Å². The summed E-state index contributed by atoms with van der Waals surface area (Å²) in [5, 5.41) is 0.772. The predicted molar refractivity (Wildman–Crippen MR) is 165 cm³/mol. The third kappa shape index (κ3) is 2.97. The zero-order valence-electron chi connectivity index (χ0n) is 22.5. The highest BCUT2D eigenvalue weighted by Gasteiger charge is 2.76. The van der Waals surface area contributed by atoms with Crippen LogP contribution in [0, 0.1) is 29.1 Å². The molecule has 0 amide bonds. The van der Waals surface area contributed by atoms with E-state index in [1.807, 2.05) is 0 Å². The molecule has 2 heteroatoms. The third-order valence-electron chi connectivity index (χ3n) is 12.0. The number of halogens is 2. The third-order valence-corrected chi connectivity index (χ3v) is 12.7. The highest BCUT2D eigenvalue weighted by atomic mass is 79.9. The second kappa shape index (κ2) is 7.68. The van der Waals surface area contributed by atoms with Crippen molar-refractivity contribution in [2.45, 2.75) is 50.9 Å². The molecule has 4 saturated carbocycles. The van der Waals surface area contributed by atoms with E-state index in [-0.39, 0.29) is 5.41 Å². The van der Waals surface area contributed by atoms with E-state index in [0.29, 0.717) is 0 Å². The Morgan fingerprint density at radius 3 is 2.21 bits per heavy atom. The Hall–Kier alpha value is -2.35. The predicted octanol–water partition coefficient (Wildman–Crippen LogP) is 10.9. The zero-order chi connectivity index (χ0) is 26.3. The average Bonchev–Trinajstić information content (AvgIpc) is 3.50. The molecule has 39 heavy (non-hydrogen) atoms. The molecule has 2 bridgehead atoms. The van der Waals surface area contributed by atoms with Crippen LogP contribution in [0.5, 0.6) is 0 Å². The molecular formula is C37H32BrCl. The minimum absolute atomic E-state index is 0.0210. The number of rotatable bonds is 3. The maximum Gasteiger partial charge on any atom is 0.0418 e. The van der Waals surface area contributed by atoms with Gasteiger partial charge >= 0.3 is 0 Å². The van der Waals surface area contributed by atoms with Gasteiger partial charge in [-0.15, -0.1) is 0 Å². The van der Waals surface area contributed by atoms with Gasteiger partial charge in [-0.3, -0.25) is 0 Å². The monoisotopic (exact) mass is 590 g/mol. The molecule has 9 rings (SSSR count). The Kier molecular flexibility index (Phi) is 4.60. The minimum atomic E-state index is 0.0210. The Balaban J connectivity index is 1.11. The maximum atomic E-state index is 6.66. The summed E-state index contributed by atoms with van der Waals surface area (Å²) in [6.45, 7) is 4.85. The molecule has 0 aliphatic heterocycles. The first kappa shape index (κ1) is 23.4. The molecule has 4 fully saturated rings. The topological polar surface area (TPSA) is 0 Å². The molecule has 1 spiro atoms. The van der Waals surface area contributed by atoms with E-state index in [0.717, 1.165) is 50.1 Å². The average molecular weight is 592 g/mol. The maximum absolute atomic E-state index is 6.66. The van der Waals surface area contributed by atoms with Crippen LogP contribution < -0.4 is 0 Å². The van der Waals surface area contributed by atoms with Crippen LogP contribution in [0.4, 0.5) is 0 Å². The Bertz CT molecular complexity index is 1700. The Labute approximate surface area is 244 Å². The van der Waals surface area contributed by atoms with Gasteiger partial charge in [0.25, 0.3) is 0 Å². The normalized spacial score (nSPS) is 31.7. The summed E-state index contributed by atoms with van der Waals surface area (Å²) in [6, 6.07) is 29.6. The van der Waals surface area contributed by atoms with E-state index in [9.17, 15) is 0 Å². The summed E-state index contributed by atoms with van der Waals surface area (Å²) in [6.07, 6.45) is 6.09. The van der Waals surface area contributed by atoms with Crippen LogP contribution in [0.3, 0.4) is 0 Å². The summed E-state index contributed by atoms with van der Waals surface area (Å²) >= 11 is 10.2. The fourth-order valence-electron chi connectivity index (χ4n) is 10.3. The van der Waals surface area contributed by atoms with Gasteiger partial charge in [0.05, 0.1) is 0 Å². The number of benzene rings is 4. The summed E-state index contributed by atoms with van der Waals surface area (Å²) in [4.78, 5) is 0. The number of hydrogen-bond acceptors (Lipinski definition) is 0. The van der Waals surface area contributed by atoms with Crippen LogP contribution in [0.25, 0.3) is 33.4 Å². The summed E-state index contributed by atoms with van der Waals surface area (Å²) in [5.74, 6) is 4.87. The molecule has 0 aromatic heterocycles. The van der Waals surface area contributed by atoms with Crippen molar-refractivity contribution >= 4 is 27.5 Å². The van der Waals surface area contributed by atoms with E-state index < -0.39 is 0 Å². The van der Waals surface area contributed by atoms with E-state index in [1.165, 1.54) is 58.2 Å². The summed E-state index contributed by atoms with van der Waals surface area (Å²) in [5.41, 5.74) is 12.9. The molecule has 0 saturated heterocycles. The highest BCUT2D eigenvalue weighted by Crippen LogP contribution is 2.84. The van der Waals surface area contributed by atoms with Crippen molar-refractivity contribution in [3.05, 3.63) is 105 Å². The van der Waals surface area contributed by atoms with Crippen molar-refractivity contribution in [3.8, 4) is 33.4 Å². The second-order valence-corrected chi connectivity index (χ2v) is 15.1. The van der Waals surface area contributed by atoms with Gasteiger partial charge in [0.15, 0.2) is 0 Å². The zero-order valence-corrected chi connectivity index (χ0v) is 24.8. The molecule has 194 valence electrons. The quantitative estimate of drug-likeness (QED) is 0.222. The fraction of sp³-hybridized carbons (Fsp3) is 0.351. The molecule has 0 nitrogen and oxygen atoms in total. The molecule has 4 aromatic carbocycles. The molecule has 4 aromatic rings. The number of fused-ring (bicyclic) bond motifs is 4. The van der Waals surface area contributed by atoms with Crippen molar-refractivity contribution < 1.29 is 0 Å². The van der Waals surface area contributed by atoms with Gasteiger partial charge in [0, 0.05) is 14.9 Å². The lowest BCUT2D eigenvalue weighted by atomic mass is 9.37. The van der Waals surface area contributed by atoms with Gasteiger partial charge in [-0.05, 0) is 147 Å². The second-order valence-electron chi connectivity index (χ2n) is 13.7. The van der Waals surface area contributed by atoms with Crippen molar-refractivity contribution in [2.75, 3.05) is 0 Å². The van der Waals surface area contributed by atoms with Crippen molar-refractivity contribution in [1.82, 2.24) is 0 Å². The molecule has 0 N–H and O–H groups in total. The van der Waals surface area contributed by atoms with Gasteiger partial charge in [0.2, 0.25) is 0 Å². The number of hydrogen-bond donors (Lipinski definition) is 0. The van der Waals surface area contributed by atoms with Gasteiger partial charge in [-0.1, -0.05) is 83.8 Å². The van der Waals surface area contributed by atoms with Crippen LogP contribution in [-0.2, 0) is 5.41 Å². The van der Waals surface area contributed by atoms with Crippen molar-refractivity contribution in [3.63, 3.8) is 0 Å².